The first-order chi connectivity index (χ1) is 10.2. The lowest BCUT2D eigenvalue weighted by molar-refractivity contribution is -0.123. The molecule has 0 fully saturated rings. The van der Waals surface area contributed by atoms with E-state index in [9.17, 15) is 9.59 Å². The molecule has 0 aliphatic heterocycles. The molecular weight excluding hydrogens is 308 g/mol. The van der Waals surface area contributed by atoms with Crippen LogP contribution in [0.2, 0.25) is 0 Å². The Morgan fingerprint density at radius 2 is 2.00 bits per heavy atom. The summed E-state index contributed by atoms with van der Waals surface area (Å²) >= 11 is 2.99. The molecule has 110 valence electrons. The summed E-state index contributed by atoms with van der Waals surface area (Å²) in [5.41, 5.74) is 2.37. The number of carbonyl (C=O) groups excluding carboxylic acids is 2. The molecule has 0 unspecified atom stereocenters. The summed E-state index contributed by atoms with van der Waals surface area (Å²) in [4.78, 5) is 23.7. The van der Waals surface area contributed by atoms with Gasteiger partial charge in [-0.3, -0.25) is 9.59 Å². The number of amides is 2. The molecule has 1 aromatic heterocycles. The van der Waals surface area contributed by atoms with Crippen LogP contribution in [0.1, 0.15) is 13.3 Å². The van der Waals surface area contributed by atoms with Gasteiger partial charge in [0.05, 0.1) is 6.54 Å². The van der Waals surface area contributed by atoms with Gasteiger partial charge in [0.15, 0.2) is 4.34 Å². The highest BCUT2D eigenvalue weighted by molar-refractivity contribution is 8.01. The van der Waals surface area contributed by atoms with Crippen LogP contribution in [0.15, 0.2) is 39.0 Å². The van der Waals surface area contributed by atoms with Crippen molar-refractivity contribution >= 4 is 40.6 Å². The van der Waals surface area contributed by atoms with Gasteiger partial charge >= 0.3 is 0 Å². The van der Waals surface area contributed by atoms with Crippen molar-refractivity contribution in [2.24, 2.45) is 0 Å². The fourth-order valence-electron chi connectivity index (χ4n) is 1.42. The summed E-state index contributed by atoms with van der Waals surface area (Å²) in [6, 6.07) is 7.41. The molecule has 2 amide bonds. The maximum atomic E-state index is 11.6. The number of rotatable bonds is 6. The van der Waals surface area contributed by atoms with E-state index in [1.165, 1.54) is 23.1 Å². The molecule has 1 heterocycles. The van der Waals surface area contributed by atoms with Crippen LogP contribution >= 0.6 is 23.1 Å². The zero-order valence-electron chi connectivity index (χ0n) is 11.3. The van der Waals surface area contributed by atoms with E-state index in [2.05, 4.69) is 20.8 Å². The maximum absolute atomic E-state index is 11.6. The third-order valence-electron chi connectivity index (χ3n) is 2.45. The Kier molecular flexibility index (Phi) is 5.70. The fourth-order valence-corrected chi connectivity index (χ4v) is 2.87. The first kappa shape index (κ1) is 15.5. The van der Waals surface area contributed by atoms with E-state index in [-0.39, 0.29) is 18.4 Å². The van der Waals surface area contributed by atoms with Gasteiger partial charge in [0, 0.05) is 17.0 Å². The van der Waals surface area contributed by atoms with Crippen molar-refractivity contribution in [3.8, 4) is 0 Å². The molecule has 2 N–H and O–H groups in total. The van der Waals surface area contributed by atoms with Gasteiger partial charge in [-0.1, -0.05) is 30.0 Å². The number of aromatic nitrogens is 2. The monoisotopic (exact) mass is 322 g/mol. The largest absolute Gasteiger partial charge is 0.347 e. The minimum Gasteiger partial charge on any atom is -0.347 e. The molecule has 1 aromatic carbocycles. The van der Waals surface area contributed by atoms with Crippen molar-refractivity contribution in [3.05, 3.63) is 29.8 Å². The Bertz CT molecular complexity index is 599. The molecule has 8 heteroatoms. The van der Waals surface area contributed by atoms with Gasteiger partial charge < -0.3 is 10.6 Å². The van der Waals surface area contributed by atoms with Crippen LogP contribution in [0.4, 0.5) is 5.69 Å². The van der Waals surface area contributed by atoms with E-state index in [0.29, 0.717) is 12.1 Å². The summed E-state index contributed by atoms with van der Waals surface area (Å²) in [5, 5.41) is 13.0. The molecular formula is C13H14N4O2S2. The Morgan fingerprint density at radius 1 is 1.24 bits per heavy atom. The van der Waals surface area contributed by atoms with Gasteiger partial charge in [-0.05, 0) is 24.3 Å². The molecule has 0 saturated carbocycles. The molecule has 0 atom stereocenters. The molecule has 2 aromatic rings. The number of hydrogen-bond acceptors (Lipinski definition) is 6. The first-order valence-electron chi connectivity index (χ1n) is 6.28. The lowest BCUT2D eigenvalue weighted by Crippen LogP contribution is -2.32. The first-order valence-corrected chi connectivity index (χ1v) is 7.97. The van der Waals surface area contributed by atoms with E-state index in [0.717, 1.165) is 9.24 Å². The Balaban J connectivity index is 1.84. The van der Waals surface area contributed by atoms with Crippen LogP contribution in [-0.4, -0.2) is 28.6 Å². The molecule has 0 saturated heterocycles. The lowest BCUT2D eigenvalue weighted by Gasteiger charge is -2.06. The molecule has 0 bridgehead atoms. The lowest BCUT2D eigenvalue weighted by atomic mass is 10.3. The summed E-state index contributed by atoms with van der Waals surface area (Å²) in [6.45, 7) is 1.72. The molecule has 6 nitrogen and oxygen atoms in total. The number of anilines is 1. The normalized spacial score (nSPS) is 10.1. The highest BCUT2D eigenvalue weighted by Gasteiger charge is 2.05. The van der Waals surface area contributed by atoms with Gasteiger partial charge in [0.1, 0.15) is 5.51 Å². The Morgan fingerprint density at radius 3 is 2.62 bits per heavy atom. The number of hydrogen-bond donors (Lipinski definition) is 2. The zero-order chi connectivity index (χ0) is 15.1. The van der Waals surface area contributed by atoms with Crippen molar-refractivity contribution in [1.29, 1.82) is 0 Å². The van der Waals surface area contributed by atoms with Crippen molar-refractivity contribution < 1.29 is 9.59 Å². The third-order valence-corrected chi connectivity index (χ3v) is 4.24. The highest BCUT2D eigenvalue weighted by Crippen LogP contribution is 2.29. The number of carbonyl (C=O) groups is 2. The molecule has 0 spiro atoms. The average Bonchev–Trinajstić information content (AvgIpc) is 3.00. The van der Waals surface area contributed by atoms with Crippen molar-refractivity contribution in [2.75, 3.05) is 11.9 Å². The Labute approximate surface area is 130 Å². The second-order valence-corrected chi connectivity index (χ2v) is 6.16. The van der Waals surface area contributed by atoms with Crippen LogP contribution in [0.5, 0.6) is 0 Å². The van der Waals surface area contributed by atoms with E-state index < -0.39 is 0 Å². The van der Waals surface area contributed by atoms with Crippen LogP contribution < -0.4 is 10.6 Å². The van der Waals surface area contributed by atoms with Gasteiger partial charge in [-0.2, -0.15) is 0 Å². The second kappa shape index (κ2) is 7.75. The number of benzene rings is 1. The van der Waals surface area contributed by atoms with Crippen molar-refractivity contribution in [3.63, 3.8) is 0 Å². The van der Waals surface area contributed by atoms with Gasteiger partial charge in [-0.15, -0.1) is 10.2 Å². The predicted octanol–water partition coefficient (Wildman–Crippen LogP) is 2.15. The highest BCUT2D eigenvalue weighted by atomic mass is 32.2. The summed E-state index contributed by atoms with van der Waals surface area (Å²) in [7, 11) is 0. The van der Waals surface area contributed by atoms with Crippen LogP contribution in [0.25, 0.3) is 0 Å². The van der Waals surface area contributed by atoms with E-state index in [4.69, 9.17) is 0 Å². The maximum Gasteiger partial charge on any atom is 0.243 e. The molecule has 0 aliphatic rings. The van der Waals surface area contributed by atoms with Crippen LogP contribution in [0.3, 0.4) is 0 Å². The van der Waals surface area contributed by atoms with Crippen molar-refractivity contribution in [1.82, 2.24) is 15.5 Å². The fraction of sp³-hybridized carbons (Fsp3) is 0.231. The van der Waals surface area contributed by atoms with Gasteiger partial charge in [0.2, 0.25) is 11.8 Å². The van der Waals surface area contributed by atoms with Crippen LogP contribution in [-0.2, 0) is 9.59 Å². The SMILES string of the molecule is CCC(=O)NCC(=O)Nc1ccc(Sc2nncs2)cc1. The molecule has 0 radical (unpaired) electrons. The minimum atomic E-state index is -0.249. The van der Waals surface area contributed by atoms with Gasteiger partial charge in [-0.25, -0.2) is 0 Å². The minimum absolute atomic E-state index is 0.0199. The predicted molar refractivity (Wildman–Crippen MR) is 82.4 cm³/mol. The van der Waals surface area contributed by atoms with Crippen molar-refractivity contribution in [2.45, 2.75) is 22.6 Å². The number of nitrogens with one attached hydrogen (secondary N) is 2. The van der Waals surface area contributed by atoms with E-state index in [1.807, 2.05) is 24.3 Å². The van der Waals surface area contributed by atoms with E-state index in [1.54, 1.807) is 12.4 Å². The van der Waals surface area contributed by atoms with Gasteiger partial charge in [0.25, 0.3) is 0 Å². The standard InChI is InChI=1S/C13H14N4O2S2/c1-2-11(18)14-7-12(19)16-9-3-5-10(6-4-9)21-13-17-15-8-20-13/h3-6,8H,2,7H2,1H3,(H,14,18)(H,16,19). The average molecular weight is 322 g/mol. The summed E-state index contributed by atoms with van der Waals surface area (Å²) < 4.78 is 0.870. The second-order valence-electron chi connectivity index (χ2n) is 4.01. The zero-order valence-corrected chi connectivity index (χ0v) is 13.0. The van der Waals surface area contributed by atoms with E-state index >= 15 is 0 Å². The molecule has 2 rings (SSSR count). The molecule has 21 heavy (non-hydrogen) atoms. The third kappa shape index (κ3) is 5.16. The topological polar surface area (TPSA) is 84.0 Å². The quantitative estimate of drug-likeness (QED) is 0.851. The summed E-state index contributed by atoms with van der Waals surface area (Å²) in [6.07, 6.45) is 0.366. The molecule has 0 aliphatic carbocycles. The van der Waals surface area contributed by atoms with Crippen LogP contribution in [0, 0.1) is 0 Å². The summed E-state index contributed by atoms with van der Waals surface area (Å²) in [5.74, 6) is -0.393. The smallest absolute Gasteiger partial charge is 0.243 e. The number of nitrogens with zero attached hydrogens (tertiary/aromatic N) is 2. The Hall–Kier alpha value is -1.93.